The number of benzene rings is 2. The van der Waals surface area contributed by atoms with Crippen LogP contribution in [0.25, 0.3) is 17.0 Å². The molecule has 162 valence electrons. The van der Waals surface area contributed by atoms with Crippen molar-refractivity contribution in [3.05, 3.63) is 65.9 Å². The van der Waals surface area contributed by atoms with Gasteiger partial charge < -0.3 is 24.5 Å². The second kappa shape index (κ2) is 10.3. The highest BCUT2D eigenvalue weighted by atomic mass is 16.5. The van der Waals surface area contributed by atoms with Gasteiger partial charge in [0, 0.05) is 29.6 Å². The third kappa shape index (κ3) is 5.45. The molecule has 1 aromatic heterocycles. The van der Waals surface area contributed by atoms with Gasteiger partial charge in [0.2, 0.25) is 5.91 Å². The maximum absolute atomic E-state index is 12.5. The second-order valence-corrected chi connectivity index (χ2v) is 6.82. The molecule has 0 aliphatic rings. The highest BCUT2D eigenvalue weighted by Gasteiger charge is 2.22. The molecular weight excluding hydrogens is 396 g/mol. The summed E-state index contributed by atoms with van der Waals surface area (Å²) in [4.78, 5) is 27.9. The largest absolute Gasteiger partial charge is 0.493 e. The molecule has 3 aromatic rings. The lowest BCUT2D eigenvalue weighted by molar-refractivity contribution is -0.144. The van der Waals surface area contributed by atoms with Gasteiger partial charge in [-0.1, -0.05) is 24.3 Å². The van der Waals surface area contributed by atoms with Crippen molar-refractivity contribution in [2.24, 2.45) is 0 Å². The Morgan fingerprint density at radius 3 is 2.68 bits per heavy atom. The molecule has 3 rings (SSSR count). The van der Waals surface area contributed by atoms with Gasteiger partial charge in [0.05, 0.1) is 20.8 Å². The zero-order valence-corrected chi connectivity index (χ0v) is 17.8. The number of aromatic nitrogens is 1. The van der Waals surface area contributed by atoms with Crippen LogP contribution in [-0.2, 0) is 20.7 Å². The number of carbonyl (C=O) groups excluding carboxylic acids is 2. The van der Waals surface area contributed by atoms with Crippen molar-refractivity contribution in [3.63, 3.8) is 0 Å². The number of aromatic amines is 1. The van der Waals surface area contributed by atoms with Crippen LogP contribution < -0.4 is 14.8 Å². The minimum atomic E-state index is -0.809. The van der Waals surface area contributed by atoms with Crippen LogP contribution in [0.15, 0.2) is 54.7 Å². The Hall–Kier alpha value is -3.74. The molecule has 0 unspecified atom stereocenters. The second-order valence-electron chi connectivity index (χ2n) is 6.82. The first-order chi connectivity index (χ1) is 15.0. The fraction of sp³-hybridized carbons (Fsp3) is 0.250. The molecule has 1 atom stereocenters. The van der Waals surface area contributed by atoms with Crippen LogP contribution in [0.2, 0.25) is 0 Å². The van der Waals surface area contributed by atoms with Crippen LogP contribution in [0, 0.1) is 0 Å². The number of esters is 1. The summed E-state index contributed by atoms with van der Waals surface area (Å²) in [5, 5.41) is 3.74. The lowest BCUT2D eigenvalue weighted by Gasteiger charge is -2.15. The van der Waals surface area contributed by atoms with Crippen LogP contribution >= 0.6 is 0 Å². The fourth-order valence-electron chi connectivity index (χ4n) is 3.31. The third-order valence-corrected chi connectivity index (χ3v) is 4.82. The van der Waals surface area contributed by atoms with Crippen LogP contribution in [0.5, 0.6) is 11.5 Å². The first-order valence-electron chi connectivity index (χ1n) is 9.98. The van der Waals surface area contributed by atoms with Gasteiger partial charge in [0.15, 0.2) is 11.5 Å². The van der Waals surface area contributed by atoms with Gasteiger partial charge in [-0.15, -0.1) is 0 Å². The number of rotatable bonds is 9. The maximum Gasteiger partial charge on any atom is 0.328 e. The summed E-state index contributed by atoms with van der Waals surface area (Å²) >= 11 is 0. The van der Waals surface area contributed by atoms with E-state index in [1.54, 1.807) is 25.3 Å². The molecule has 0 aliphatic carbocycles. The lowest BCUT2D eigenvalue weighted by atomic mass is 10.0. The number of para-hydroxylation sites is 1. The quantitative estimate of drug-likeness (QED) is 0.407. The summed E-state index contributed by atoms with van der Waals surface area (Å²) in [6.07, 6.45) is 5.18. The van der Waals surface area contributed by atoms with Crippen LogP contribution in [0.1, 0.15) is 18.1 Å². The molecule has 0 saturated carbocycles. The third-order valence-electron chi connectivity index (χ3n) is 4.82. The molecule has 2 N–H and O–H groups in total. The van der Waals surface area contributed by atoms with Crippen molar-refractivity contribution < 1.29 is 23.8 Å². The molecule has 0 aliphatic heterocycles. The van der Waals surface area contributed by atoms with Crippen molar-refractivity contribution in [3.8, 4) is 11.5 Å². The Morgan fingerprint density at radius 2 is 1.94 bits per heavy atom. The van der Waals surface area contributed by atoms with Crippen molar-refractivity contribution >= 4 is 28.9 Å². The molecule has 7 heteroatoms. The van der Waals surface area contributed by atoms with E-state index in [1.807, 2.05) is 43.5 Å². The lowest BCUT2D eigenvalue weighted by Crippen LogP contribution is -2.42. The van der Waals surface area contributed by atoms with Gasteiger partial charge in [0.1, 0.15) is 6.04 Å². The summed E-state index contributed by atoms with van der Waals surface area (Å²) in [6.45, 7) is 2.38. The van der Waals surface area contributed by atoms with Crippen molar-refractivity contribution in [1.29, 1.82) is 0 Å². The first-order valence-corrected chi connectivity index (χ1v) is 9.98. The maximum atomic E-state index is 12.5. The monoisotopic (exact) mass is 422 g/mol. The van der Waals surface area contributed by atoms with Crippen molar-refractivity contribution in [2.75, 3.05) is 20.8 Å². The summed E-state index contributed by atoms with van der Waals surface area (Å²) in [5.41, 5.74) is 2.66. The van der Waals surface area contributed by atoms with Crippen LogP contribution in [0.4, 0.5) is 0 Å². The molecule has 0 radical (unpaired) electrons. The predicted molar refractivity (Wildman–Crippen MR) is 119 cm³/mol. The molecule has 0 bridgehead atoms. The minimum Gasteiger partial charge on any atom is -0.493 e. The normalized spacial score (nSPS) is 12.0. The molecule has 2 aromatic carbocycles. The predicted octanol–water partition coefficient (Wildman–Crippen LogP) is 3.49. The van der Waals surface area contributed by atoms with Crippen LogP contribution in [0.3, 0.4) is 0 Å². The highest BCUT2D eigenvalue weighted by Crippen LogP contribution is 2.28. The highest BCUT2D eigenvalue weighted by molar-refractivity contribution is 5.95. The zero-order valence-electron chi connectivity index (χ0n) is 17.8. The minimum absolute atomic E-state index is 0.313. The van der Waals surface area contributed by atoms with Gasteiger partial charge in [-0.05, 0) is 42.3 Å². The number of amides is 1. The van der Waals surface area contributed by atoms with Gasteiger partial charge in [0.25, 0.3) is 0 Å². The number of methoxy groups -OCH3 is 2. The van der Waals surface area contributed by atoms with Crippen molar-refractivity contribution in [1.82, 2.24) is 10.3 Å². The van der Waals surface area contributed by atoms with E-state index in [9.17, 15) is 9.59 Å². The smallest absolute Gasteiger partial charge is 0.328 e. The van der Waals surface area contributed by atoms with E-state index >= 15 is 0 Å². The molecule has 1 amide bonds. The Labute approximate surface area is 181 Å². The molecular formula is C24H26N2O5. The summed E-state index contributed by atoms with van der Waals surface area (Å²) in [7, 11) is 2.88. The van der Waals surface area contributed by atoms with E-state index in [1.165, 1.54) is 13.2 Å². The van der Waals surface area contributed by atoms with E-state index in [0.717, 1.165) is 22.0 Å². The Bertz CT molecular complexity index is 1090. The molecule has 7 nitrogen and oxygen atoms in total. The van der Waals surface area contributed by atoms with E-state index in [2.05, 4.69) is 10.3 Å². The summed E-state index contributed by atoms with van der Waals surface area (Å²) in [6, 6.07) is 12.4. The molecule has 1 heterocycles. The SMILES string of the molecule is CCOc1cc(/C=C/C(=O)N[C@H](Cc2c[nH]c3ccccc23)C(=O)OC)ccc1OC. The Kier molecular flexibility index (Phi) is 7.32. The number of nitrogens with one attached hydrogen (secondary N) is 2. The van der Waals surface area contributed by atoms with E-state index in [0.29, 0.717) is 24.5 Å². The summed E-state index contributed by atoms with van der Waals surface area (Å²) < 4.78 is 15.7. The number of fused-ring (bicyclic) bond motifs is 1. The van der Waals surface area contributed by atoms with Gasteiger partial charge in [-0.2, -0.15) is 0 Å². The number of ether oxygens (including phenoxy) is 3. The number of hydrogen-bond acceptors (Lipinski definition) is 5. The van der Waals surface area contributed by atoms with E-state index < -0.39 is 17.9 Å². The van der Waals surface area contributed by atoms with E-state index in [4.69, 9.17) is 14.2 Å². The van der Waals surface area contributed by atoms with Gasteiger partial charge in [-0.3, -0.25) is 4.79 Å². The van der Waals surface area contributed by atoms with Gasteiger partial charge in [-0.25, -0.2) is 4.79 Å². The topological polar surface area (TPSA) is 89.7 Å². The van der Waals surface area contributed by atoms with Gasteiger partial charge >= 0.3 is 5.97 Å². The molecule has 0 fully saturated rings. The molecule has 0 spiro atoms. The zero-order chi connectivity index (χ0) is 22.2. The number of H-pyrrole nitrogens is 1. The Morgan fingerprint density at radius 1 is 1.13 bits per heavy atom. The average Bonchev–Trinajstić information content (AvgIpc) is 3.20. The van der Waals surface area contributed by atoms with E-state index in [-0.39, 0.29) is 0 Å². The first kappa shape index (κ1) is 22.0. The molecule has 31 heavy (non-hydrogen) atoms. The Balaban J connectivity index is 1.72. The average molecular weight is 422 g/mol. The number of hydrogen-bond donors (Lipinski definition) is 2. The summed E-state index contributed by atoms with van der Waals surface area (Å²) in [5.74, 6) is 0.311. The number of carbonyl (C=O) groups is 2. The van der Waals surface area contributed by atoms with Crippen LogP contribution in [-0.4, -0.2) is 43.7 Å². The fourth-order valence-corrected chi connectivity index (χ4v) is 3.31. The standard InChI is InChI=1S/C24H26N2O5/c1-4-31-22-13-16(9-11-21(22)29-2)10-12-23(27)26-20(24(28)30-3)14-17-15-25-19-8-6-5-7-18(17)19/h5-13,15,20,25H,4,14H2,1-3H3,(H,26,27)/b12-10+/t20-/m1/s1. The van der Waals surface area contributed by atoms with Crippen molar-refractivity contribution in [2.45, 2.75) is 19.4 Å². The molecule has 0 saturated heterocycles.